The highest BCUT2D eigenvalue weighted by molar-refractivity contribution is 8.01. The summed E-state index contributed by atoms with van der Waals surface area (Å²) in [5, 5.41) is 12.6. The molecule has 242 valence electrons. The molecule has 1 amide bonds. The van der Waals surface area contributed by atoms with E-state index >= 15 is 0 Å². The van der Waals surface area contributed by atoms with Gasteiger partial charge in [0.1, 0.15) is 0 Å². The second-order valence-corrected chi connectivity index (χ2v) is 14.1. The van der Waals surface area contributed by atoms with Gasteiger partial charge in [-0.05, 0) is 52.1 Å². The molecule has 7 nitrogen and oxygen atoms in total. The lowest BCUT2D eigenvalue weighted by molar-refractivity contribution is -0.268. The summed E-state index contributed by atoms with van der Waals surface area (Å²) in [5.41, 5.74) is 7.49. The third kappa shape index (κ3) is 7.21. The number of hydrogen-bond acceptors (Lipinski definition) is 8. The van der Waals surface area contributed by atoms with Gasteiger partial charge in [0.05, 0.1) is 34.6 Å². The molecular formula is C39H35N3O4S2. The minimum atomic E-state index is -0.562. The Hall–Kier alpha value is -4.38. The van der Waals surface area contributed by atoms with Crippen LogP contribution in [0.15, 0.2) is 126 Å². The molecule has 0 spiro atoms. The summed E-state index contributed by atoms with van der Waals surface area (Å²) in [6.07, 6.45) is 2.37. The molecule has 0 saturated carbocycles. The van der Waals surface area contributed by atoms with Gasteiger partial charge in [-0.25, -0.2) is 4.98 Å². The summed E-state index contributed by atoms with van der Waals surface area (Å²) in [6, 6.07) is 36.1. The first-order valence-electron chi connectivity index (χ1n) is 15.9. The topological polar surface area (TPSA) is 93.6 Å². The molecule has 2 aromatic heterocycles. The lowest BCUT2D eigenvalue weighted by atomic mass is 9.91. The van der Waals surface area contributed by atoms with Crippen molar-refractivity contribution in [2.75, 3.05) is 5.75 Å². The quantitative estimate of drug-likeness (QED) is 0.141. The van der Waals surface area contributed by atoms with Crippen molar-refractivity contribution in [1.29, 1.82) is 0 Å². The van der Waals surface area contributed by atoms with E-state index < -0.39 is 6.29 Å². The lowest BCUT2D eigenvalue weighted by Gasteiger charge is -2.41. The number of para-hydroxylation sites is 1. The highest BCUT2D eigenvalue weighted by atomic mass is 32.2. The molecule has 0 radical (unpaired) electrons. The van der Waals surface area contributed by atoms with Gasteiger partial charge in [-0.1, -0.05) is 104 Å². The van der Waals surface area contributed by atoms with E-state index in [2.05, 4.69) is 53.6 Å². The van der Waals surface area contributed by atoms with Crippen LogP contribution in [0.1, 0.15) is 51.9 Å². The van der Waals surface area contributed by atoms with Crippen LogP contribution in [0.3, 0.4) is 0 Å². The maximum absolute atomic E-state index is 12.7. The molecule has 0 unspecified atom stereocenters. The van der Waals surface area contributed by atoms with Gasteiger partial charge in [-0.2, -0.15) is 0 Å². The van der Waals surface area contributed by atoms with Gasteiger partial charge >= 0.3 is 0 Å². The van der Waals surface area contributed by atoms with Gasteiger partial charge in [0.25, 0.3) is 5.91 Å². The van der Waals surface area contributed by atoms with Gasteiger partial charge in [-0.3, -0.25) is 9.78 Å². The van der Waals surface area contributed by atoms with Crippen molar-refractivity contribution in [3.05, 3.63) is 149 Å². The fourth-order valence-electron chi connectivity index (χ4n) is 5.93. The van der Waals surface area contributed by atoms with Crippen LogP contribution in [0.25, 0.3) is 21.3 Å². The SMILES string of the molecule is C[C@@H]1[C@H](CSc2nc3ccccc3s2)O[C@H](c2ccc(-c3ccccc3CNC(=O)c3cccnc3)cc2)O[C@@H]1c1ccc(CO)cc1. The molecule has 1 fully saturated rings. The van der Waals surface area contributed by atoms with Gasteiger partial charge in [0, 0.05) is 36.2 Å². The maximum Gasteiger partial charge on any atom is 0.253 e. The number of nitrogens with zero attached hydrogens (tertiary/aromatic N) is 2. The first kappa shape index (κ1) is 32.2. The smallest absolute Gasteiger partial charge is 0.253 e. The molecule has 1 saturated heterocycles. The first-order chi connectivity index (χ1) is 23.6. The largest absolute Gasteiger partial charge is 0.392 e. The predicted octanol–water partition coefficient (Wildman–Crippen LogP) is 8.36. The highest BCUT2D eigenvalue weighted by Gasteiger charge is 2.38. The van der Waals surface area contributed by atoms with Crippen molar-refractivity contribution >= 4 is 39.2 Å². The molecule has 1 aliphatic rings. The summed E-state index contributed by atoms with van der Waals surface area (Å²) in [4.78, 5) is 21.5. The van der Waals surface area contributed by atoms with Crippen molar-refractivity contribution in [3.63, 3.8) is 0 Å². The molecule has 9 heteroatoms. The third-order valence-corrected chi connectivity index (χ3v) is 10.9. The van der Waals surface area contributed by atoms with Crippen LogP contribution in [0, 0.1) is 5.92 Å². The molecule has 6 aromatic rings. The average molecular weight is 674 g/mol. The maximum atomic E-state index is 12.7. The minimum Gasteiger partial charge on any atom is -0.392 e. The van der Waals surface area contributed by atoms with Crippen molar-refractivity contribution in [1.82, 2.24) is 15.3 Å². The van der Waals surface area contributed by atoms with Crippen LogP contribution in [-0.4, -0.2) is 32.8 Å². The Kier molecular flexibility index (Phi) is 9.92. The second-order valence-electron chi connectivity index (χ2n) is 11.8. The molecule has 7 rings (SSSR count). The summed E-state index contributed by atoms with van der Waals surface area (Å²) in [6.45, 7) is 2.57. The zero-order valence-electron chi connectivity index (χ0n) is 26.4. The summed E-state index contributed by atoms with van der Waals surface area (Å²) < 4.78 is 15.6. The number of ether oxygens (including phenoxy) is 2. The Bertz CT molecular complexity index is 1950. The van der Waals surface area contributed by atoms with E-state index in [1.54, 1.807) is 47.6 Å². The van der Waals surface area contributed by atoms with Crippen molar-refractivity contribution in [2.45, 2.75) is 42.9 Å². The van der Waals surface area contributed by atoms with E-state index in [9.17, 15) is 9.90 Å². The lowest BCUT2D eigenvalue weighted by Crippen LogP contribution is -2.38. The van der Waals surface area contributed by atoms with Gasteiger partial charge in [0.15, 0.2) is 10.6 Å². The van der Waals surface area contributed by atoms with Crippen molar-refractivity contribution < 1.29 is 19.4 Å². The van der Waals surface area contributed by atoms with Crippen LogP contribution in [0.2, 0.25) is 0 Å². The van der Waals surface area contributed by atoms with Crippen molar-refractivity contribution in [3.8, 4) is 11.1 Å². The molecule has 4 atom stereocenters. The Morgan fingerprint density at radius 2 is 1.67 bits per heavy atom. The van der Waals surface area contributed by atoms with Crippen LogP contribution < -0.4 is 5.32 Å². The second kappa shape index (κ2) is 14.8. The van der Waals surface area contributed by atoms with Gasteiger partial charge in [-0.15, -0.1) is 11.3 Å². The monoisotopic (exact) mass is 673 g/mol. The van der Waals surface area contributed by atoms with Crippen LogP contribution in [-0.2, 0) is 22.6 Å². The number of amides is 1. The highest BCUT2D eigenvalue weighted by Crippen LogP contribution is 2.44. The van der Waals surface area contributed by atoms with E-state index in [1.165, 1.54) is 4.70 Å². The molecule has 3 heterocycles. The molecular weight excluding hydrogens is 639 g/mol. The average Bonchev–Trinajstić information content (AvgIpc) is 3.57. The van der Waals surface area contributed by atoms with E-state index in [0.29, 0.717) is 12.1 Å². The van der Waals surface area contributed by atoms with E-state index in [1.807, 2.05) is 60.7 Å². The van der Waals surface area contributed by atoms with Gasteiger partial charge in [0.2, 0.25) is 0 Å². The first-order valence-corrected chi connectivity index (χ1v) is 17.7. The summed E-state index contributed by atoms with van der Waals surface area (Å²) >= 11 is 3.43. The molecule has 4 aromatic carbocycles. The number of carbonyl (C=O) groups excluding carboxylic acids is 1. The fourth-order valence-corrected chi connectivity index (χ4v) is 8.18. The number of rotatable bonds is 10. The summed E-state index contributed by atoms with van der Waals surface area (Å²) in [5.74, 6) is 0.657. The predicted molar refractivity (Wildman–Crippen MR) is 191 cm³/mol. The van der Waals surface area contributed by atoms with E-state index in [4.69, 9.17) is 14.5 Å². The summed E-state index contributed by atoms with van der Waals surface area (Å²) in [7, 11) is 0. The van der Waals surface area contributed by atoms with E-state index in [0.717, 1.165) is 49.0 Å². The van der Waals surface area contributed by atoms with Crippen molar-refractivity contribution in [2.24, 2.45) is 5.92 Å². The Labute approximate surface area is 288 Å². The van der Waals surface area contributed by atoms with Crippen LogP contribution in [0.4, 0.5) is 0 Å². The number of nitrogens with one attached hydrogen (secondary N) is 1. The van der Waals surface area contributed by atoms with Gasteiger partial charge < -0.3 is 19.9 Å². The minimum absolute atomic E-state index is 0.000872. The number of thioether (sulfide) groups is 1. The number of aromatic nitrogens is 2. The Balaban J connectivity index is 1.10. The number of aliphatic hydroxyl groups is 1. The number of aliphatic hydroxyl groups excluding tert-OH is 1. The zero-order valence-corrected chi connectivity index (χ0v) is 28.0. The molecule has 48 heavy (non-hydrogen) atoms. The number of thiazole rings is 1. The third-order valence-electron chi connectivity index (χ3n) is 8.64. The van der Waals surface area contributed by atoms with E-state index in [-0.39, 0.29) is 30.6 Å². The number of hydrogen-bond donors (Lipinski definition) is 2. The molecule has 2 N–H and O–H groups in total. The number of pyridine rings is 1. The standard InChI is InChI=1S/C39H35N3O4S2/c1-25-34(24-47-39-42-33-10-4-5-11-35(33)48-39)45-38(46-36(25)28-14-12-26(23-43)13-15-28)29-18-16-27(17-19-29)32-9-3-2-7-30(32)22-41-37(44)31-8-6-20-40-21-31/h2-21,25,34,36,38,43H,22-24H2,1H3,(H,41,44)/t25-,34+,36+,38+/m1/s1. The molecule has 0 aliphatic carbocycles. The normalized spacial score (nSPS) is 19.3. The fraction of sp³-hybridized carbons (Fsp3) is 0.205. The zero-order chi connectivity index (χ0) is 32.9. The number of carbonyl (C=O) groups is 1. The molecule has 1 aliphatic heterocycles. The molecule has 0 bridgehead atoms. The number of fused-ring (bicyclic) bond motifs is 1. The Morgan fingerprint density at radius 3 is 2.44 bits per heavy atom. The van der Waals surface area contributed by atoms with Crippen LogP contribution >= 0.6 is 23.1 Å². The van der Waals surface area contributed by atoms with Crippen LogP contribution in [0.5, 0.6) is 0 Å². The number of benzene rings is 4. The Morgan fingerprint density at radius 1 is 0.896 bits per heavy atom.